The van der Waals surface area contributed by atoms with Gasteiger partial charge in [0.15, 0.2) is 0 Å². The van der Waals surface area contributed by atoms with Crippen LogP contribution in [0.4, 0.5) is 11.4 Å². The quantitative estimate of drug-likeness (QED) is 0.709. The van der Waals surface area contributed by atoms with Gasteiger partial charge in [-0.15, -0.1) is 6.42 Å². The Morgan fingerprint density at radius 3 is 2.11 bits per heavy atom. The summed E-state index contributed by atoms with van der Waals surface area (Å²) in [5.74, 6) is 2.64. The molecule has 0 saturated heterocycles. The normalized spacial score (nSPS) is 10.9. The number of terminal acetylenes is 1. The number of para-hydroxylation sites is 1. The molecule has 0 aliphatic heterocycles. The Balaban J connectivity index is 2.47. The van der Waals surface area contributed by atoms with Crippen molar-refractivity contribution in [3.8, 4) is 12.3 Å². The van der Waals surface area contributed by atoms with Crippen molar-refractivity contribution < 1.29 is 0 Å². The molecule has 0 unspecified atom stereocenters. The van der Waals surface area contributed by atoms with Gasteiger partial charge in [-0.3, -0.25) is 0 Å². The minimum Gasteiger partial charge on any atom is -0.315 e. The largest absolute Gasteiger partial charge is 0.315 e. The molecule has 2 aromatic rings. The zero-order chi connectivity index (χ0) is 13.7. The van der Waals surface area contributed by atoms with Gasteiger partial charge < -0.3 is 4.90 Å². The Labute approximate surface area is 115 Å². The molecule has 0 amide bonds. The molecule has 0 fully saturated rings. The van der Waals surface area contributed by atoms with E-state index in [0.717, 1.165) is 16.9 Å². The number of benzene rings is 2. The first-order valence-electron chi connectivity index (χ1n) is 6.31. The summed E-state index contributed by atoms with van der Waals surface area (Å²) in [5.41, 5.74) is 4.34. The fourth-order valence-corrected chi connectivity index (χ4v) is 1.97. The van der Waals surface area contributed by atoms with E-state index in [-0.39, 0.29) is 0 Å². The summed E-state index contributed by atoms with van der Waals surface area (Å²) in [6.07, 6.45) is 7.50. The molecule has 19 heavy (non-hydrogen) atoms. The third kappa shape index (κ3) is 2.86. The van der Waals surface area contributed by atoms with Crippen molar-refractivity contribution in [2.45, 2.75) is 13.8 Å². The van der Waals surface area contributed by atoms with Crippen LogP contribution in [-0.2, 0) is 0 Å². The Kier molecular flexibility index (Phi) is 4.05. The van der Waals surface area contributed by atoms with Gasteiger partial charge in [-0.25, -0.2) is 0 Å². The van der Waals surface area contributed by atoms with Gasteiger partial charge in [0.05, 0.1) is 0 Å². The molecule has 0 aliphatic carbocycles. The Hall–Kier alpha value is -2.46. The maximum atomic E-state index is 5.40. The molecule has 94 valence electrons. The second-order valence-electron chi connectivity index (χ2n) is 4.29. The molecule has 0 radical (unpaired) electrons. The fraction of sp³-hybridized carbons (Fsp3) is 0.111. The summed E-state index contributed by atoms with van der Waals surface area (Å²) in [6, 6.07) is 18.3. The molecule has 1 heteroatoms. The summed E-state index contributed by atoms with van der Waals surface area (Å²) in [7, 11) is 0. The first kappa shape index (κ1) is 13.0. The Morgan fingerprint density at radius 1 is 1.00 bits per heavy atom. The van der Waals surface area contributed by atoms with Gasteiger partial charge in [-0.1, -0.05) is 30.2 Å². The van der Waals surface area contributed by atoms with Gasteiger partial charge in [0.25, 0.3) is 0 Å². The van der Waals surface area contributed by atoms with E-state index in [2.05, 4.69) is 48.1 Å². The highest BCUT2D eigenvalue weighted by molar-refractivity contribution is 5.68. The smallest absolute Gasteiger partial charge is 0.0458 e. The van der Waals surface area contributed by atoms with Gasteiger partial charge in [0.1, 0.15) is 0 Å². The first-order valence-corrected chi connectivity index (χ1v) is 6.31. The summed E-state index contributed by atoms with van der Waals surface area (Å²) in [4.78, 5) is 2.21. The average molecular weight is 247 g/mol. The maximum Gasteiger partial charge on any atom is 0.0458 e. The predicted octanol–water partition coefficient (Wildman–Crippen LogP) is 4.73. The van der Waals surface area contributed by atoms with Crippen LogP contribution >= 0.6 is 0 Å². The second-order valence-corrected chi connectivity index (χ2v) is 4.29. The standard InChI is InChI=1S/C18H17N/c1-4-15(3)19(17-9-7-6-8-10-17)18-13-11-16(5-2)12-14-18/h2,4,6-14H,1,3H3. The SMILES string of the molecule is C#Cc1ccc(N(C(C)=CC)c2ccccc2)cc1. The van der Waals surface area contributed by atoms with Crippen LogP contribution in [0.25, 0.3) is 0 Å². The summed E-state index contributed by atoms with van der Waals surface area (Å²) >= 11 is 0. The summed E-state index contributed by atoms with van der Waals surface area (Å²) in [5, 5.41) is 0. The molecule has 2 rings (SSSR count). The first-order chi connectivity index (χ1) is 9.26. The van der Waals surface area contributed by atoms with Gasteiger partial charge >= 0.3 is 0 Å². The lowest BCUT2D eigenvalue weighted by atomic mass is 10.1. The monoisotopic (exact) mass is 247 g/mol. The molecular weight excluding hydrogens is 230 g/mol. The number of allylic oxidation sites excluding steroid dienone is 2. The minimum absolute atomic E-state index is 0.898. The number of anilines is 2. The minimum atomic E-state index is 0.898. The molecule has 0 aliphatic rings. The topological polar surface area (TPSA) is 3.24 Å². The van der Waals surface area contributed by atoms with Crippen LogP contribution in [0.2, 0.25) is 0 Å². The van der Waals surface area contributed by atoms with E-state index in [9.17, 15) is 0 Å². The van der Waals surface area contributed by atoms with E-state index < -0.39 is 0 Å². The van der Waals surface area contributed by atoms with Crippen molar-refractivity contribution in [1.29, 1.82) is 0 Å². The van der Waals surface area contributed by atoms with E-state index in [1.54, 1.807) is 0 Å². The number of nitrogens with zero attached hydrogens (tertiary/aromatic N) is 1. The van der Waals surface area contributed by atoms with Crippen LogP contribution in [0.5, 0.6) is 0 Å². The molecule has 0 atom stereocenters. The van der Waals surface area contributed by atoms with E-state index in [0.29, 0.717) is 0 Å². The molecule has 0 N–H and O–H groups in total. The highest BCUT2D eigenvalue weighted by atomic mass is 15.1. The van der Waals surface area contributed by atoms with Crippen molar-refractivity contribution >= 4 is 11.4 Å². The number of hydrogen-bond donors (Lipinski definition) is 0. The third-order valence-electron chi connectivity index (χ3n) is 3.08. The Bertz CT molecular complexity index is 600. The van der Waals surface area contributed by atoms with Crippen molar-refractivity contribution in [3.05, 3.63) is 71.9 Å². The van der Waals surface area contributed by atoms with Crippen molar-refractivity contribution in [2.75, 3.05) is 4.90 Å². The predicted molar refractivity (Wildman–Crippen MR) is 82.4 cm³/mol. The van der Waals surface area contributed by atoms with Crippen LogP contribution in [0.15, 0.2) is 66.4 Å². The fourth-order valence-electron chi connectivity index (χ4n) is 1.97. The van der Waals surface area contributed by atoms with Crippen LogP contribution in [0.3, 0.4) is 0 Å². The number of rotatable bonds is 3. The van der Waals surface area contributed by atoms with E-state index in [4.69, 9.17) is 6.42 Å². The third-order valence-corrected chi connectivity index (χ3v) is 3.08. The van der Waals surface area contributed by atoms with Gasteiger partial charge in [0, 0.05) is 22.6 Å². The zero-order valence-corrected chi connectivity index (χ0v) is 11.3. The molecule has 0 aromatic heterocycles. The Morgan fingerprint density at radius 2 is 1.58 bits per heavy atom. The van der Waals surface area contributed by atoms with E-state index >= 15 is 0 Å². The van der Waals surface area contributed by atoms with Crippen LogP contribution in [0, 0.1) is 12.3 Å². The van der Waals surface area contributed by atoms with E-state index in [1.807, 2.05) is 37.3 Å². The van der Waals surface area contributed by atoms with Crippen LogP contribution in [0.1, 0.15) is 19.4 Å². The van der Waals surface area contributed by atoms with Crippen LogP contribution < -0.4 is 4.90 Å². The van der Waals surface area contributed by atoms with Gasteiger partial charge in [0.2, 0.25) is 0 Å². The van der Waals surface area contributed by atoms with Gasteiger partial charge in [-0.2, -0.15) is 0 Å². The molecule has 2 aromatic carbocycles. The zero-order valence-electron chi connectivity index (χ0n) is 11.3. The highest BCUT2D eigenvalue weighted by Crippen LogP contribution is 2.29. The highest BCUT2D eigenvalue weighted by Gasteiger charge is 2.10. The van der Waals surface area contributed by atoms with Crippen LogP contribution in [-0.4, -0.2) is 0 Å². The lowest BCUT2D eigenvalue weighted by Gasteiger charge is -2.25. The van der Waals surface area contributed by atoms with Crippen molar-refractivity contribution in [3.63, 3.8) is 0 Å². The summed E-state index contributed by atoms with van der Waals surface area (Å²) < 4.78 is 0. The second kappa shape index (κ2) is 5.93. The number of hydrogen-bond acceptors (Lipinski definition) is 1. The molecule has 0 bridgehead atoms. The lowest BCUT2D eigenvalue weighted by Crippen LogP contribution is -2.13. The maximum absolute atomic E-state index is 5.40. The molecule has 0 saturated carbocycles. The molecular formula is C18H17N. The van der Waals surface area contributed by atoms with Crippen molar-refractivity contribution in [1.82, 2.24) is 0 Å². The molecule has 0 spiro atoms. The average Bonchev–Trinajstić information content (AvgIpc) is 2.49. The molecule has 1 nitrogen and oxygen atoms in total. The lowest BCUT2D eigenvalue weighted by molar-refractivity contribution is 1.15. The molecule has 0 heterocycles. The van der Waals surface area contributed by atoms with Crippen molar-refractivity contribution in [2.24, 2.45) is 0 Å². The van der Waals surface area contributed by atoms with E-state index in [1.165, 1.54) is 5.70 Å². The van der Waals surface area contributed by atoms with Gasteiger partial charge in [-0.05, 0) is 50.2 Å². The summed E-state index contributed by atoms with van der Waals surface area (Å²) in [6.45, 7) is 4.14.